The Morgan fingerprint density at radius 2 is 1.95 bits per heavy atom. The van der Waals surface area contributed by atoms with Crippen molar-refractivity contribution in [3.8, 4) is 23.0 Å². The van der Waals surface area contributed by atoms with Crippen molar-refractivity contribution in [3.05, 3.63) is 46.6 Å². The predicted molar refractivity (Wildman–Crippen MR) is 81.9 cm³/mol. The Hall–Kier alpha value is -2.40. The largest absolute Gasteiger partial charge is 0.399 e. The van der Waals surface area contributed by atoms with E-state index < -0.39 is 0 Å². The maximum atomic E-state index is 5.98. The molecule has 0 saturated heterocycles. The van der Waals surface area contributed by atoms with Crippen LogP contribution in [0.25, 0.3) is 23.0 Å². The van der Waals surface area contributed by atoms with Crippen LogP contribution in [0.2, 0.25) is 5.02 Å². The number of aryl methyl sites for hydroxylation is 2. The van der Waals surface area contributed by atoms with Crippen molar-refractivity contribution in [2.75, 3.05) is 5.73 Å². The second-order valence-electron chi connectivity index (χ2n) is 4.87. The van der Waals surface area contributed by atoms with Gasteiger partial charge in [0, 0.05) is 22.5 Å². The van der Waals surface area contributed by atoms with Crippen molar-refractivity contribution in [2.45, 2.75) is 13.8 Å². The van der Waals surface area contributed by atoms with Crippen LogP contribution in [0, 0.1) is 13.8 Å². The first kappa shape index (κ1) is 13.6. The molecule has 21 heavy (non-hydrogen) atoms. The molecule has 2 aromatic heterocycles. The quantitative estimate of drug-likeness (QED) is 0.731. The molecular formula is C15H13ClN4O. The SMILES string of the molecule is Cc1cnc(-c2noc(-c3cc(N)cc(Cl)c3)n2)c(C)c1. The fourth-order valence-corrected chi connectivity index (χ4v) is 2.37. The van der Waals surface area contributed by atoms with Gasteiger partial charge in [-0.05, 0) is 43.2 Å². The van der Waals surface area contributed by atoms with Gasteiger partial charge in [0.1, 0.15) is 5.69 Å². The first-order chi connectivity index (χ1) is 10.0. The van der Waals surface area contributed by atoms with E-state index in [0.717, 1.165) is 11.1 Å². The Labute approximate surface area is 126 Å². The number of aromatic nitrogens is 3. The lowest BCUT2D eigenvalue weighted by Crippen LogP contribution is -1.91. The number of benzene rings is 1. The molecule has 6 heteroatoms. The molecule has 1 aromatic carbocycles. The molecule has 3 rings (SSSR count). The van der Waals surface area contributed by atoms with Crippen molar-refractivity contribution in [1.29, 1.82) is 0 Å². The van der Waals surface area contributed by atoms with E-state index in [2.05, 4.69) is 15.1 Å². The molecule has 0 spiro atoms. The van der Waals surface area contributed by atoms with E-state index in [9.17, 15) is 0 Å². The van der Waals surface area contributed by atoms with E-state index in [1.165, 1.54) is 0 Å². The van der Waals surface area contributed by atoms with Gasteiger partial charge in [-0.15, -0.1) is 0 Å². The standard InChI is InChI=1S/C15H13ClN4O/c1-8-3-9(2)13(18-7-8)14-19-15(21-20-14)10-4-11(16)6-12(17)5-10/h3-7H,17H2,1-2H3. The third-order valence-corrected chi connectivity index (χ3v) is 3.24. The normalized spacial score (nSPS) is 10.8. The summed E-state index contributed by atoms with van der Waals surface area (Å²) in [6, 6.07) is 7.15. The van der Waals surface area contributed by atoms with Crippen LogP contribution in [0.3, 0.4) is 0 Å². The smallest absolute Gasteiger partial charge is 0.258 e. The van der Waals surface area contributed by atoms with Crippen LogP contribution in [-0.4, -0.2) is 15.1 Å². The van der Waals surface area contributed by atoms with Gasteiger partial charge in [-0.1, -0.05) is 22.8 Å². The maximum Gasteiger partial charge on any atom is 0.258 e. The molecule has 2 heterocycles. The number of pyridine rings is 1. The van der Waals surface area contributed by atoms with Crippen molar-refractivity contribution >= 4 is 17.3 Å². The second-order valence-corrected chi connectivity index (χ2v) is 5.31. The van der Waals surface area contributed by atoms with Crippen molar-refractivity contribution in [3.63, 3.8) is 0 Å². The van der Waals surface area contributed by atoms with Crippen molar-refractivity contribution < 1.29 is 4.52 Å². The molecular weight excluding hydrogens is 288 g/mol. The Kier molecular flexibility index (Phi) is 3.35. The van der Waals surface area contributed by atoms with E-state index in [1.807, 2.05) is 19.9 Å². The molecule has 3 aromatic rings. The van der Waals surface area contributed by atoms with Crippen LogP contribution < -0.4 is 5.73 Å². The molecule has 2 N–H and O–H groups in total. The Morgan fingerprint density at radius 1 is 1.14 bits per heavy atom. The lowest BCUT2D eigenvalue weighted by molar-refractivity contribution is 0.432. The summed E-state index contributed by atoms with van der Waals surface area (Å²) in [5, 5.41) is 4.50. The highest BCUT2D eigenvalue weighted by Crippen LogP contribution is 2.27. The number of hydrogen-bond donors (Lipinski definition) is 1. The number of nitrogens with two attached hydrogens (primary N) is 1. The summed E-state index contributed by atoms with van der Waals surface area (Å²) in [5.41, 5.74) is 9.77. The topological polar surface area (TPSA) is 77.8 Å². The van der Waals surface area contributed by atoms with Gasteiger partial charge in [0.15, 0.2) is 0 Å². The van der Waals surface area contributed by atoms with Gasteiger partial charge in [-0.2, -0.15) is 4.98 Å². The zero-order chi connectivity index (χ0) is 15.0. The molecule has 0 fully saturated rings. The van der Waals surface area contributed by atoms with E-state index in [-0.39, 0.29) is 0 Å². The van der Waals surface area contributed by atoms with Crippen LogP contribution in [-0.2, 0) is 0 Å². The van der Waals surface area contributed by atoms with Crippen LogP contribution in [0.5, 0.6) is 0 Å². The third kappa shape index (κ3) is 2.73. The highest BCUT2D eigenvalue weighted by Gasteiger charge is 2.14. The minimum atomic E-state index is 0.362. The van der Waals surface area contributed by atoms with Gasteiger partial charge < -0.3 is 10.3 Å². The summed E-state index contributed by atoms with van der Waals surface area (Å²) in [4.78, 5) is 8.72. The minimum Gasteiger partial charge on any atom is -0.399 e. The van der Waals surface area contributed by atoms with Gasteiger partial charge >= 0.3 is 0 Å². The number of rotatable bonds is 2. The molecule has 0 saturated carbocycles. The van der Waals surface area contributed by atoms with Gasteiger partial charge in [-0.3, -0.25) is 4.98 Å². The van der Waals surface area contributed by atoms with Gasteiger partial charge in [0.25, 0.3) is 5.89 Å². The van der Waals surface area contributed by atoms with E-state index >= 15 is 0 Å². The van der Waals surface area contributed by atoms with Gasteiger partial charge in [-0.25, -0.2) is 0 Å². The first-order valence-corrected chi connectivity index (χ1v) is 6.74. The summed E-state index contributed by atoms with van der Waals surface area (Å²) in [7, 11) is 0. The molecule has 5 nitrogen and oxygen atoms in total. The second kappa shape index (κ2) is 5.18. The van der Waals surface area contributed by atoms with E-state index in [4.69, 9.17) is 21.9 Å². The fraction of sp³-hybridized carbons (Fsp3) is 0.133. The predicted octanol–water partition coefficient (Wildman–Crippen LogP) is 3.65. The Balaban J connectivity index is 2.03. The van der Waals surface area contributed by atoms with Crippen molar-refractivity contribution in [2.24, 2.45) is 0 Å². The molecule has 0 bridgehead atoms. The fourth-order valence-electron chi connectivity index (χ4n) is 2.12. The molecule has 0 amide bonds. The molecule has 0 aliphatic carbocycles. The van der Waals surface area contributed by atoms with Crippen LogP contribution in [0.15, 0.2) is 35.0 Å². The van der Waals surface area contributed by atoms with E-state index in [1.54, 1.807) is 24.4 Å². The Bertz CT molecular complexity index is 793. The third-order valence-electron chi connectivity index (χ3n) is 3.02. The summed E-state index contributed by atoms with van der Waals surface area (Å²) < 4.78 is 5.29. The lowest BCUT2D eigenvalue weighted by atomic mass is 10.1. The summed E-state index contributed by atoms with van der Waals surface area (Å²) >= 11 is 5.98. The number of nitrogen functional groups attached to an aromatic ring is 1. The lowest BCUT2D eigenvalue weighted by Gasteiger charge is -2.00. The number of anilines is 1. The monoisotopic (exact) mass is 300 g/mol. The van der Waals surface area contributed by atoms with E-state index in [0.29, 0.717) is 33.7 Å². The molecule has 0 radical (unpaired) electrons. The van der Waals surface area contributed by atoms with Crippen LogP contribution in [0.4, 0.5) is 5.69 Å². The van der Waals surface area contributed by atoms with Crippen LogP contribution in [0.1, 0.15) is 11.1 Å². The number of halogens is 1. The zero-order valence-electron chi connectivity index (χ0n) is 11.6. The van der Waals surface area contributed by atoms with Crippen molar-refractivity contribution in [1.82, 2.24) is 15.1 Å². The first-order valence-electron chi connectivity index (χ1n) is 6.37. The average Bonchev–Trinajstić information content (AvgIpc) is 2.87. The number of nitrogens with zero attached hydrogens (tertiary/aromatic N) is 3. The highest BCUT2D eigenvalue weighted by molar-refractivity contribution is 6.31. The average molecular weight is 301 g/mol. The van der Waals surface area contributed by atoms with Gasteiger partial charge in [0.2, 0.25) is 5.82 Å². The molecule has 106 valence electrons. The van der Waals surface area contributed by atoms with Crippen LogP contribution >= 0.6 is 11.6 Å². The molecule has 0 unspecified atom stereocenters. The summed E-state index contributed by atoms with van der Waals surface area (Å²) in [6.07, 6.45) is 1.77. The minimum absolute atomic E-state index is 0.362. The molecule has 0 atom stereocenters. The highest BCUT2D eigenvalue weighted by atomic mass is 35.5. The zero-order valence-corrected chi connectivity index (χ0v) is 12.3. The Morgan fingerprint density at radius 3 is 2.67 bits per heavy atom. The summed E-state index contributed by atoms with van der Waals surface area (Å²) in [5.74, 6) is 0.807. The summed E-state index contributed by atoms with van der Waals surface area (Å²) in [6.45, 7) is 3.95. The van der Waals surface area contributed by atoms with Gasteiger partial charge in [0.05, 0.1) is 0 Å². The molecule has 0 aliphatic heterocycles. The maximum absolute atomic E-state index is 5.98. The molecule has 0 aliphatic rings. The number of hydrogen-bond acceptors (Lipinski definition) is 5.